The summed E-state index contributed by atoms with van der Waals surface area (Å²) in [5.74, 6) is 0.196. The molecule has 0 spiro atoms. The van der Waals surface area contributed by atoms with Crippen LogP contribution in [0.1, 0.15) is 0 Å². The summed E-state index contributed by atoms with van der Waals surface area (Å²) in [7, 11) is 3.35. The van der Waals surface area contributed by atoms with Crippen LogP contribution in [0, 0.1) is 10.1 Å². The number of aryl methyl sites for hydroxylation is 1. The Hall–Kier alpha value is -2.16. The highest BCUT2D eigenvalue weighted by Crippen LogP contribution is 2.35. The Morgan fingerprint density at radius 1 is 1.50 bits per heavy atom. The van der Waals surface area contributed by atoms with Gasteiger partial charge in [0.2, 0.25) is 5.82 Å². The van der Waals surface area contributed by atoms with Crippen molar-refractivity contribution in [3.8, 4) is 0 Å². The molecule has 0 radical (unpaired) electrons. The number of aromatic nitrogens is 4. The van der Waals surface area contributed by atoms with Crippen LogP contribution in [-0.2, 0) is 7.05 Å². The van der Waals surface area contributed by atoms with Crippen LogP contribution >= 0.6 is 11.8 Å². The maximum atomic E-state index is 11.0. The maximum Gasteiger partial charge on any atom is 0.343 e. The Balaban J connectivity index is 2.41. The zero-order valence-corrected chi connectivity index (χ0v) is 10.5. The van der Waals surface area contributed by atoms with Crippen molar-refractivity contribution in [1.29, 1.82) is 0 Å². The van der Waals surface area contributed by atoms with Gasteiger partial charge in [-0.3, -0.25) is 14.8 Å². The molecular weight excluding hydrogens is 256 g/mol. The fraction of sp³-hybridized carbons (Fsp3) is 0.222. The maximum absolute atomic E-state index is 11.0. The lowest BCUT2D eigenvalue weighted by Gasteiger charge is -2.03. The number of anilines is 1. The molecule has 2 aromatic rings. The van der Waals surface area contributed by atoms with E-state index in [2.05, 4.69) is 20.4 Å². The molecule has 0 aliphatic rings. The second kappa shape index (κ2) is 5.00. The van der Waals surface area contributed by atoms with E-state index < -0.39 is 4.92 Å². The SMILES string of the molecule is CNc1ncnc(Sc2cnn(C)c2)c1[N+](=O)[O-]. The van der Waals surface area contributed by atoms with Gasteiger partial charge in [-0.15, -0.1) is 0 Å². The van der Waals surface area contributed by atoms with Crippen LogP contribution in [0.25, 0.3) is 0 Å². The summed E-state index contributed by atoms with van der Waals surface area (Å²) in [6, 6.07) is 0. The van der Waals surface area contributed by atoms with Gasteiger partial charge in [-0.1, -0.05) is 11.8 Å². The first-order valence-electron chi connectivity index (χ1n) is 4.95. The van der Waals surface area contributed by atoms with E-state index in [0.29, 0.717) is 0 Å². The van der Waals surface area contributed by atoms with Crippen LogP contribution in [0.3, 0.4) is 0 Å². The lowest BCUT2D eigenvalue weighted by Crippen LogP contribution is -2.02. The summed E-state index contributed by atoms with van der Waals surface area (Å²) in [4.78, 5) is 19.1. The Morgan fingerprint density at radius 2 is 2.28 bits per heavy atom. The van der Waals surface area contributed by atoms with E-state index in [9.17, 15) is 10.1 Å². The third-order valence-electron chi connectivity index (χ3n) is 2.10. The van der Waals surface area contributed by atoms with E-state index in [1.807, 2.05) is 0 Å². The highest BCUT2D eigenvalue weighted by atomic mass is 32.2. The Morgan fingerprint density at radius 3 is 2.83 bits per heavy atom. The van der Waals surface area contributed by atoms with Gasteiger partial charge in [0, 0.05) is 20.3 Å². The molecule has 1 N–H and O–H groups in total. The van der Waals surface area contributed by atoms with Gasteiger partial charge in [0.25, 0.3) is 0 Å². The summed E-state index contributed by atoms with van der Waals surface area (Å²) < 4.78 is 1.62. The smallest absolute Gasteiger partial charge is 0.343 e. The van der Waals surface area contributed by atoms with Gasteiger partial charge >= 0.3 is 5.69 Å². The van der Waals surface area contributed by atoms with Crippen LogP contribution in [0.5, 0.6) is 0 Å². The van der Waals surface area contributed by atoms with Gasteiger partial charge in [-0.05, 0) is 0 Å². The molecule has 8 nitrogen and oxygen atoms in total. The monoisotopic (exact) mass is 266 g/mol. The molecule has 0 unspecified atom stereocenters. The van der Waals surface area contributed by atoms with E-state index >= 15 is 0 Å². The van der Waals surface area contributed by atoms with Crippen LogP contribution in [0.15, 0.2) is 28.6 Å². The average molecular weight is 266 g/mol. The van der Waals surface area contributed by atoms with E-state index in [1.54, 1.807) is 31.2 Å². The van der Waals surface area contributed by atoms with Crippen molar-refractivity contribution in [3.05, 3.63) is 28.8 Å². The Kier molecular flexibility index (Phi) is 3.42. The normalized spacial score (nSPS) is 10.3. The van der Waals surface area contributed by atoms with E-state index in [4.69, 9.17) is 0 Å². The number of rotatable bonds is 4. The quantitative estimate of drug-likeness (QED) is 0.506. The third-order valence-corrected chi connectivity index (χ3v) is 3.04. The molecule has 0 aliphatic heterocycles. The summed E-state index contributed by atoms with van der Waals surface area (Å²) in [5, 5.41) is 18.0. The molecule has 0 saturated carbocycles. The molecule has 0 aliphatic carbocycles. The molecule has 0 saturated heterocycles. The molecule has 0 fully saturated rings. The van der Waals surface area contributed by atoms with Crippen LogP contribution in [-0.4, -0.2) is 31.7 Å². The van der Waals surface area contributed by atoms with Crippen LogP contribution < -0.4 is 5.32 Å². The molecule has 2 heterocycles. The molecule has 0 amide bonds. The van der Waals surface area contributed by atoms with Gasteiger partial charge in [-0.25, -0.2) is 9.97 Å². The van der Waals surface area contributed by atoms with Gasteiger partial charge in [-0.2, -0.15) is 5.10 Å². The van der Waals surface area contributed by atoms with Gasteiger partial charge < -0.3 is 5.32 Å². The highest BCUT2D eigenvalue weighted by Gasteiger charge is 2.23. The predicted molar refractivity (Wildman–Crippen MR) is 65.6 cm³/mol. The van der Waals surface area contributed by atoms with Crippen molar-refractivity contribution in [2.45, 2.75) is 9.92 Å². The summed E-state index contributed by atoms with van der Waals surface area (Å²) in [6.07, 6.45) is 4.67. The molecule has 2 aromatic heterocycles. The number of hydrogen-bond acceptors (Lipinski definition) is 7. The highest BCUT2D eigenvalue weighted by molar-refractivity contribution is 7.99. The predicted octanol–water partition coefficient (Wildman–Crippen LogP) is 1.31. The van der Waals surface area contributed by atoms with Crippen molar-refractivity contribution >= 4 is 23.3 Å². The van der Waals surface area contributed by atoms with E-state index in [-0.39, 0.29) is 16.5 Å². The summed E-state index contributed by atoms with van der Waals surface area (Å²) >= 11 is 1.18. The lowest BCUT2D eigenvalue weighted by molar-refractivity contribution is -0.387. The number of nitrogens with one attached hydrogen (secondary N) is 1. The van der Waals surface area contributed by atoms with Crippen molar-refractivity contribution < 1.29 is 4.92 Å². The van der Waals surface area contributed by atoms with Crippen molar-refractivity contribution in [3.63, 3.8) is 0 Å². The average Bonchev–Trinajstić information content (AvgIpc) is 2.74. The van der Waals surface area contributed by atoms with Crippen molar-refractivity contribution in [2.75, 3.05) is 12.4 Å². The Labute approximate surface area is 107 Å². The van der Waals surface area contributed by atoms with E-state index in [0.717, 1.165) is 4.90 Å². The van der Waals surface area contributed by atoms with Gasteiger partial charge in [0.15, 0.2) is 5.03 Å². The number of nitro groups is 1. The molecule has 0 bridgehead atoms. The van der Waals surface area contributed by atoms with Crippen LogP contribution in [0.2, 0.25) is 0 Å². The molecule has 9 heteroatoms. The molecule has 2 rings (SSSR count). The first-order valence-corrected chi connectivity index (χ1v) is 5.77. The third kappa shape index (κ3) is 2.40. The second-order valence-corrected chi connectivity index (χ2v) is 4.40. The van der Waals surface area contributed by atoms with Gasteiger partial charge in [0.1, 0.15) is 6.33 Å². The van der Waals surface area contributed by atoms with Crippen LogP contribution in [0.4, 0.5) is 11.5 Å². The summed E-state index contributed by atoms with van der Waals surface area (Å²) in [5.41, 5.74) is -0.131. The lowest BCUT2D eigenvalue weighted by atomic mass is 10.5. The largest absolute Gasteiger partial charge is 0.367 e. The zero-order chi connectivity index (χ0) is 13.1. The topological polar surface area (TPSA) is 98.8 Å². The fourth-order valence-electron chi connectivity index (χ4n) is 1.35. The molecule has 0 aromatic carbocycles. The standard InChI is InChI=1S/C9H10N6O2S/c1-10-8-7(15(16)17)9(12-5-11-8)18-6-3-13-14(2)4-6/h3-5H,1-2H3,(H,10,11,12). The Bertz CT molecular complexity index is 584. The molecule has 0 atom stereocenters. The molecular formula is C9H10N6O2S. The molecule has 94 valence electrons. The zero-order valence-electron chi connectivity index (χ0n) is 9.69. The second-order valence-electron chi connectivity index (χ2n) is 3.33. The first-order chi connectivity index (χ1) is 8.61. The minimum Gasteiger partial charge on any atom is -0.367 e. The molecule has 18 heavy (non-hydrogen) atoms. The summed E-state index contributed by atoms with van der Waals surface area (Å²) in [6.45, 7) is 0. The van der Waals surface area contributed by atoms with Crippen molar-refractivity contribution in [1.82, 2.24) is 19.7 Å². The van der Waals surface area contributed by atoms with E-state index in [1.165, 1.54) is 18.1 Å². The minimum absolute atomic E-state index is 0.131. The van der Waals surface area contributed by atoms with Gasteiger partial charge in [0.05, 0.1) is 16.0 Å². The number of hydrogen-bond donors (Lipinski definition) is 1. The first kappa shape index (κ1) is 12.3. The number of nitrogens with zero attached hydrogens (tertiary/aromatic N) is 5. The fourth-order valence-corrected chi connectivity index (χ4v) is 2.24. The van der Waals surface area contributed by atoms with Crippen molar-refractivity contribution in [2.24, 2.45) is 7.05 Å². The minimum atomic E-state index is -0.496.